The molecule has 2 aliphatic rings. The van der Waals surface area contributed by atoms with Crippen LogP contribution in [0.3, 0.4) is 0 Å². The smallest absolute Gasteiger partial charge is 0.256 e. The molecule has 0 atom stereocenters. The van der Waals surface area contributed by atoms with Crippen LogP contribution in [-0.2, 0) is 4.79 Å². The van der Waals surface area contributed by atoms with E-state index >= 15 is 0 Å². The summed E-state index contributed by atoms with van der Waals surface area (Å²) in [6.07, 6.45) is 4.21. The summed E-state index contributed by atoms with van der Waals surface area (Å²) in [6.45, 7) is 7.40. The number of nitrogens with zero attached hydrogens (tertiary/aromatic N) is 2. The first-order chi connectivity index (χ1) is 15.8. The second-order valence-electron chi connectivity index (χ2n) is 8.94. The van der Waals surface area contributed by atoms with Gasteiger partial charge in [-0.3, -0.25) is 14.4 Å². The summed E-state index contributed by atoms with van der Waals surface area (Å²) < 4.78 is 0. The van der Waals surface area contributed by atoms with Crippen LogP contribution in [0.4, 0.5) is 5.69 Å². The maximum absolute atomic E-state index is 12.9. The summed E-state index contributed by atoms with van der Waals surface area (Å²) >= 11 is 0. The van der Waals surface area contributed by atoms with E-state index in [0.717, 1.165) is 30.9 Å². The average Bonchev–Trinajstić information content (AvgIpc) is 3.46. The number of amides is 3. The lowest BCUT2D eigenvalue weighted by Gasteiger charge is -2.14. The van der Waals surface area contributed by atoms with E-state index < -0.39 is 0 Å². The summed E-state index contributed by atoms with van der Waals surface area (Å²) in [4.78, 5) is 45.1. The Hall–Kier alpha value is -3.39. The predicted octanol–water partition coefficient (Wildman–Crippen LogP) is 2.65. The third kappa shape index (κ3) is 4.57. The van der Waals surface area contributed by atoms with Crippen molar-refractivity contribution in [1.82, 2.24) is 20.1 Å². The van der Waals surface area contributed by atoms with E-state index in [1.807, 2.05) is 13.8 Å². The van der Waals surface area contributed by atoms with E-state index in [4.69, 9.17) is 0 Å². The lowest BCUT2D eigenvalue weighted by molar-refractivity contribution is -0.110. The summed E-state index contributed by atoms with van der Waals surface area (Å²) in [6, 6.07) is 5.19. The van der Waals surface area contributed by atoms with Crippen LogP contribution >= 0.6 is 0 Å². The molecule has 2 aromatic rings. The molecular formula is C25H31N5O3. The summed E-state index contributed by atoms with van der Waals surface area (Å²) in [5.41, 5.74) is 5.19. The van der Waals surface area contributed by atoms with Crippen molar-refractivity contribution in [2.24, 2.45) is 0 Å². The van der Waals surface area contributed by atoms with Gasteiger partial charge in [-0.1, -0.05) is 0 Å². The van der Waals surface area contributed by atoms with Gasteiger partial charge in [0.1, 0.15) is 0 Å². The quantitative estimate of drug-likeness (QED) is 0.591. The number of fused-ring (bicyclic) bond motifs is 1. The van der Waals surface area contributed by atoms with Crippen molar-refractivity contribution in [3.63, 3.8) is 0 Å². The molecule has 3 N–H and O–H groups in total. The van der Waals surface area contributed by atoms with E-state index in [1.54, 1.807) is 38.4 Å². The lowest BCUT2D eigenvalue weighted by atomic mass is 10.0. The van der Waals surface area contributed by atoms with Crippen molar-refractivity contribution in [2.75, 3.05) is 45.6 Å². The number of nitrogens with one attached hydrogen (secondary N) is 3. The van der Waals surface area contributed by atoms with Gasteiger partial charge in [0.15, 0.2) is 0 Å². The minimum Gasteiger partial charge on any atom is -0.358 e. The maximum Gasteiger partial charge on any atom is 0.256 e. The molecule has 4 rings (SSSR count). The second-order valence-corrected chi connectivity index (χ2v) is 8.94. The fraction of sp³-hybridized carbons (Fsp3) is 0.400. The molecule has 1 fully saturated rings. The Bertz CT molecular complexity index is 1140. The van der Waals surface area contributed by atoms with Crippen molar-refractivity contribution in [1.29, 1.82) is 0 Å². The number of benzene rings is 1. The van der Waals surface area contributed by atoms with Gasteiger partial charge in [-0.05, 0) is 69.6 Å². The Morgan fingerprint density at radius 3 is 2.61 bits per heavy atom. The number of rotatable bonds is 6. The predicted molar refractivity (Wildman–Crippen MR) is 129 cm³/mol. The SMILES string of the molecule is Cc1[nH]c(C=C2C(=O)Nc3ccc(C(=O)N(C)C)cc32)c(C)c1C(=O)NCCN1CCCC1. The second kappa shape index (κ2) is 9.23. The van der Waals surface area contributed by atoms with Gasteiger partial charge in [0.2, 0.25) is 0 Å². The fourth-order valence-corrected chi connectivity index (χ4v) is 4.55. The van der Waals surface area contributed by atoms with E-state index in [2.05, 4.69) is 20.5 Å². The van der Waals surface area contributed by atoms with Crippen molar-refractivity contribution < 1.29 is 14.4 Å². The topological polar surface area (TPSA) is 97.5 Å². The molecule has 0 radical (unpaired) electrons. The number of anilines is 1. The Labute approximate surface area is 194 Å². The zero-order valence-electron chi connectivity index (χ0n) is 19.7. The number of carbonyl (C=O) groups excluding carboxylic acids is 3. The van der Waals surface area contributed by atoms with Crippen molar-refractivity contribution in [3.8, 4) is 0 Å². The number of likely N-dealkylation sites (tertiary alicyclic amines) is 1. The van der Waals surface area contributed by atoms with Gasteiger partial charge < -0.3 is 25.4 Å². The van der Waals surface area contributed by atoms with Crippen LogP contribution in [0, 0.1) is 13.8 Å². The van der Waals surface area contributed by atoms with Crippen molar-refractivity contribution in [2.45, 2.75) is 26.7 Å². The van der Waals surface area contributed by atoms with Crippen LogP contribution in [0.2, 0.25) is 0 Å². The number of hydrogen-bond donors (Lipinski definition) is 3. The minimum absolute atomic E-state index is 0.111. The fourth-order valence-electron chi connectivity index (χ4n) is 4.55. The first kappa shape index (κ1) is 22.8. The molecule has 0 spiro atoms. The Morgan fingerprint density at radius 1 is 1.18 bits per heavy atom. The van der Waals surface area contributed by atoms with Crippen LogP contribution in [0.5, 0.6) is 0 Å². The molecule has 3 heterocycles. The molecule has 0 saturated carbocycles. The van der Waals surface area contributed by atoms with Gasteiger partial charge in [0.25, 0.3) is 17.7 Å². The monoisotopic (exact) mass is 449 g/mol. The highest BCUT2D eigenvalue weighted by Gasteiger charge is 2.27. The van der Waals surface area contributed by atoms with E-state index in [9.17, 15) is 14.4 Å². The Morgan fingerprint density at radius 2 is 1.91 bits per heavy atom. The molecule has 8 nitrogen and oxygen atoms in total. The molecule has 1 aromatic carbocycles. The molecule has 0 bridgehead atoms. The van der Waals surface area contributed by atoms with Gasteiger partial charge in [-0.25, -0.2) is 0 Å². The van der Waals surface area contributed by atoms with Crippen molar-refractivity contribution >= 4 is 35.1 Å². The Balaban J connectivity index is 1.57. The number of aromatic nitrogens is 1. The van der Waals surface area contributed by atoms with Crippen LogP contribution in [0.1, 0.15) is 56.1 Å². The van der Waals surface area contributed by atoms with Crippen LogP contribution in [-0.4, -0.2) is 72.8 Å². The van der Waals surface area contributed by atoms with Gasteiger partial charge in [0.05, 0.1) is 11.1 Å². The third-order valence-corrected chi connectivity index (χ3v) is 6.36. The Kier molecular flexibility index (Phi) is 6.37. The third-order valence-electron chi connectivity index (χ3n) is 6.36. The highest BCUT2D eigenvalue weighted by atomic mass is 16.2. The summed E-state index contributed by atoms with van der Waals surface area (Å²) in [7, 11) is 3.39. The minimum atomic E-state index is -0.234. The summed E-state index contributed by atoms with van der Waals surface area (Å²) in [5, 5.41) is 5.88. The molecule has 0 aliphatic carbocycles. The summed E-state index contributed by atoms with van der Waals surface area (Å²) in [5.74, 6) is -0.473. The van der Waals surface area contributed by atoms with Gasteiger partial charge >= 0.3 is 0 Å². The van der Waals surface area contributed by atoms with Crippen molar-refractivity contribution in [3.05, 3.63) is 51.8 Å². The number of hydrogen-bond acceptors (Lipinski definition) is 4. The molecular weight excluding hydrogens is 418 g/mol. The first-order valence-corrected chi connectivity index (χ1v) is 11.3. The van der Waals surface area contributed by atoms with Gasteiger partial charge in [-0.15, -0.1) is 0 Å². The molecule has 1 saturated heterocycles. The zero-order chi connectivity index (χ0) is 23.7. The number of carbonyl (C=O) groups is 3. The normalized spacial score (nSPS) is 16.7. The van der Waals surface area contributed by atoms with Crippen LogP contribution in [0.15, 0.2) is 18.2 Å². The number of aryl methyl sites for hydroxylation is 1. The van der Waals surface area contributed by atoms with Gasteiger partial charge in [0, 0.05) is 55.4 Å². The van der Waals surface area contributed by atoms with Gasteiger partial charge in [-0.2, -0.15) is 0 Å². The van der Waals surface area contributed by atoms with Crippen LogP contribution < -0.4 is 10.6 Å². The van der Waals surface area contributed by atoms with E-state index in [0.29, 0.717) is 40.2 Å². The first-order valence-electron chi connectivity index (χ1n) is 11.3. The standard InChI is InChI=1S/C25H31N5O3/c1-15-21(27-16(2)22(15)24(32)26-9-12-30-10-5-6-11-30)14-19-18-13-17(25(33)29(3)4)7-8-20(18)28-23(19)31/h7-8,13-14,27H,5-6,9-12H2,1-4H3,(H,26,32)(H,28,31). The highest BCUT2D eigenvalue weighted by molar-refractivity contribution is 6.35. The van der Waals surface area contributed by atoms with E-state index in [-0.39, 0.29) is 17.7 Å². The molecule has 8 heteroatoms. The molecule has 0 unspecified atom stereocenters. The molecule has 33 heavy (non-hydrogen) atoms. The van der Waals surface area contributed by atoms with Crippen LogP contribution in [0.25, 0.3) is 11.6 Å². The average molecular weight is 450 g/mol. The largest absolute Gasteiger partial charge is 0.358 e. The molecule has 2 aliphatic heterocycles. The number of aromatic amines is 1. The number of H-pyrrole nitrogens is 1. The molecule has 3 amide bonds. The maximum atomic E-state index is 12.9. The molecule has 1 aromatic heterocycles. The molecule has 174 valence electrons. The van der Waals surface area contributed by atoms with E-state index in [1.165, 1.54) is 17.7 Å². The highest BCUT2D eigenvalue weighted by Crippen LogP contribution is 2.35. The zero-order valence-corrected chi connectivity index (χ0v) is 19.7. The lowest BCUT2D eigenvalue weighted by Crippen LogP contribution is -2.33.